The van der Waals surface area contributed by atoms with Crippen LogP contribution in [0.1, 0.15) is 36.8 Å². The van der Waals surface area contributed by atoms with Crippen LogP contribution in [0.2, 0.25) is 0 Å². The molecule has 0 saturated heterocycles. The second-order valence-corrected chi connectivity index (χ2v) is 6.18. The summed E-state index contributed by atoms with van der Waals surface area (Å²) >= 11 is 0. The van der Waals surface area contributed by atoms with E-state index in [1.54, 1.807) is 19.5 Å². The Kier molecular flexibility index (Phi) is 4.07. The van der Waals surface area contributed by atoms with E-state index < -0.39 is 0 Å². The number of aromatic amines is 1. The molecule has 1 aromatic heterocycles. The number of benzene rings is 1. The molecule has 2 aromatic rings. The number of hydrogen-bond donors (Lipinski definition) is 2. The van der Waals surface area contributed by atoms with Gasteiger partial charge in [0.25, 0.3) is 0 Å². The summed E-state index contributed by atoms with van der Waals surface area (Å²) in [6.45, 7) is 6.25. The number of imidazole rings is 1. The van der Waals surface area contributed by atoms with E-state index >= 15 is 0 Å². The van der Waals surface area contributed by atoms with E-state index in [4.69, 9.17) is 4.74 Å². The number of nitrogens with one attached hydrogen (secondary N) is 1. The SMILES string of the molecule is COc1ccc(CN2CCc3[nH]cnc3[C@H]2C(C)C)cc1O. The van der Waals surface area contributed by atoms with Crippen LogP contribution >= 0.6 is 0 Å². The first-order chi connectivity index (χ1) is 10.6. The molecule has 0 bridgehead atoms. The molecule has 0 fully saturated rings. The molecule has 1 aliphatic rings. The first kappa shape index (κ1) is 14.9. The van der Waals surface area contributed by atoms with Gasteiger partial charge in [-0.3, -0.25) is 4.90 Å². The number of phenols is 1. The quantitative estimate of drug-likeness (QED) is 0.911. The number of nitrogens with zero attached hydrogens (tertiary/aromatic N) is 2. The molecule has 0 amide bonds. The van der Waals surface area contributed by atoms with Gasteiger partial charge in [-0.25, -0.2) is 4.98 Å². The van der Waals surface area contributed by atoms with Crippen LogP contribution in [-0.2, 0) is 13.0 Å². The van der Waals surface area contributed by atoms with Gasteiger partial charge in [0.1, 0.15) is 0 Å². The Hall–Kier alpha value is -2.01. The minimum Gasteiger partial charge on any atom is -0.504 e. The number of phenolic OH excluding ortho intramolecular Hbond substituents is 1. The van der Waals surface area contributed by atoms with Gasteiger partial charge in [0.2, 0.25) is 0 Å². The summed E-state index contributed by atoms with van der Waals surface area (Å²) in [5, 5.41) is 9.96. The molecule has 5 nitrogen and oxygen atoms in total. The lowest BCUT2D eigenvalue weighted by Gasteiger charge is -2.37. The van der Waals surface area contributed by atoms with Crippen LogP contribution in [0.3, 0.4) is 0 Å². The highest BCUT2D eigenvalue weighted by Crippen LogP contribution is 2.35. The number of H-pyrrole nitrogens is 1. The standard InChI is InChI=1S/C17H23N3O2/c1-11(2)17-16-13(18-10-19-16)6-7-20(17)9-12-4-5-15(22-3)14(21)8-12/h4-5,8,10-11,17,21H,6-7,9H2,1-3H3,(H,18,19)/t17-/m1/s1. The number of aromatic hydroxyl groups is 1. The summed E-state index contributed by atoms with van der Waals surface area (Å²) in [7, 11) is 1.56. The fourth-order valence-corrected chi connectivity index (χ4v) is 3.34. The molecule has 118 valence electrons. The zero-order valence-corrected chi connectivity index (χ0v) is 13.3. The minimum absolute atomic E-state index is 0.193. The smallest absolute Gasteiger partial charge is 0.160 e. The van der Waals surface area contributed by atoms with Gasteiger partial charge in [0.05, 0.1) is 25.2 Å². The Balaban J connectivity index is 1.84. The van der Waals surface area contributed by atoms with E-state index in [1.165, 1.54) is 11.4 Å². The van der Waals surface area contributed by atoms with Gasteiger partial charge in [-0.05, 0) is 23.6 Å². The number of fused-ring (bicyclic) bond motifs is 1. The first-order valence-corrected chi connectivity index (χ1v) is 7.72. The summed E-state index contributed by atoms with van der Waals surface area (Å²) in [5.41, 5.74) is 3.51. The van der Waals surface area contributed by atoms with Crippen LogP contribution in [0, 0.1) is 5.92 Å². The second kappa shape index (κ2) is 6.01. The van der Waals surface area contributed by atoms with Crippen LogP contribution in [0.4, 0.5) is 0 Å². The van der Waals surface area contributed by atoms with E-state index in [9.17, 15) is 5.11 Å². The molecule has 3 rings (SSSR count). The molecule has 0 aliphatic carbocycles. The molecular formula is C17H23N3O2. The Bertz CT molecular complexity index is 651. The van der Waals surface area contributed by atoms with Gasteiger partial charge in [-0.1, -0.05) is 19.9 Å². The fourth-order valence-electron chi connectivity index (χ4n) is 3.34. The Morgan fingerprint density at radius 2 is 2.27 bits per heavy atom. The Morgan fingerprint density at radius 3 is 2.95 bits per heavy atom. The van der Waals surface area contributed by atoms with Crippen molar-refractivity contribution in [1.82, 2.24) is 14.9 Å². The monoisotopic (exact) mass is 301 g/mol. The molecule has 0 radical (unpaired) electrons. The van der Waals surface area contributed by atoms with Crippen molar-refractivity contribution < 1.29 is 9.84 Å². The summed E-state index contributed by atoms with van der Waals surface area (Å²) in [5.74, 6) is 1.19. The lowest BCUT2D eigenvalue weighted by Crippen LogP contribution is -2.37. The van der Waals surface area contributed by atoms with E-state index in [1.807, 2.05) is 12.1 Å². The number of aromatic nitrogens is 2. The topological polar surface area (TPSA) is 61.4 Å². The maximum absolute atomic E-state index is 9.96. The largest absolute Gasteiger partial charge is 0.504 e. The molecule has 5 heteroatoms. The minimum atomic E-state index is 0.193. The van der Waals surface area contributed by atoms with Crippen molar-refractivity contribution >= 4 is 0 Å². The van der Waals surface area contributed by atoms with Crippen molar-refractivity contribution in [2.45, 2.75) is 32.9 Å². The van der Waals surface area contributed by atoms with Crippen LogP contribution in [-0.4, -0.2) is 33.6 Å². The number of rotatable bonds is 4. The zero-order valence-electron chi connectivity index (χ0n) is 13.3. The van der Waals surface area contributed by atoms with Gasteiger partial charge in [-0.2, -0.15) is 0 Å². The zero-order chi connectivity index (χ0) is 15.7. The van der Waals surface area contributed by atoms with Crippen LogP contribution in [0.5, 0.6) is 11.5 Å². The Morgan fingerprint density at radius 1 is 1.45 bits per heavy atom. The lowest BCUT2D eigenvalue weighted by molar-refractivity contribution is 0.131. The lowest BCUT2D eigenvalue weighted by atomic mass is 9.92. The van der Waals surface area contributed by atoms with Crippen molar-refractivity contribution in [2.75, 3.05) is 13.7 Å². The third kappa shape index (κ3) is 2.68. The van der Waals surface area contributed by atoms with Crippen molar-refractivity contribution in [2.24, 2.45) is 5.92 Å². The molecule has 0 saturated carbocycles. The molecule has 1 aliphatic heterocycles. The molecule has 0 spiro atoms. The van der Waals surface area contributed by atoms with Crippen LogP contribution in [0.25, 0.3) is 0 Å². The van der Waals surface area contributed by atoms with Gasteiger partial charge in [0, 0.05) is 25.2 Å². The number of methoxy groups -OCH3 is 1. The van der Waals surface area contributed by atoms with Crippen LogP contribution in [0.15, 0.2) is 24.5 Å². The van der Waals surface area contributed by atoms with E-state index in [0.29, 0.717) is 17.7 Å². The maximum atomic E-state index is 9.96. The average Bonchev–Trinajstić information content (AvgIpc) is 2.95. The predicted molar refractivity (Wildman–Crippen MR) is 84.9 cm³/mol. The summed E-state index contributed by atoms with van der Waals surface area (Å²) in [4.78, 5) is 10.2. The molecule has 1 atom stereocenters. The van der Waals surface area contributed by atoms with E-state index in [2.05, 4.69) is 28.7 Å². The predicted octanol–water partition coefficient (Wildman–Crippen LogP) is 2.88. The van der Waals surface area contributed by atoms with Crippen molar-refractivity contribution in [3.8, 4) is 11.5 Å². The van der Waals surface area contributed by atoms with Gasteiger partial charge in [0.15, 0.2) is 11.5 Å². The molecule has 0 unspecified atom stereocenters. The van der Waals surface area contributed by atoms with Crippen molar-refractivity contribution in [3.05, 3.63) is 41.5 Å². The second-order valence-electron chi connectivity index (χ2n) is 6.18. The maximum Gasteiger partial charge on any atom is 0.160 e. The summed E-state index contributed by atoms with van der Waals surface area (Å²) < 4.78 is 5.11. The van der Waals surface area contributed by atoms with E-state index in [0.717, 1.165) is 25.1 Å². The van der Waals surface area contributed by atoms with Gasteiger partial charge < -0.3 is 14.8 Å². The van der Waals surface area contributed by atoms with Crippen molar-refractivity contribution in [3.63, 3.8) is 0 Å². The summed E-state index contributed by atoms with van der Waals surface area (Å²) in [6.07, 6.45) is 2.78. The molecule has 2 heterocycles. The summed E-state index contributed by atoms with van der Waals surface area (Å²) in [6, 6.07) is 5.92. The molecule has 22 heavy (non-hydrogen) atoms. The van der Waals surface area contributed by atoms with Gasteiger partial charge in [-0.15, -0.1) is 0 Å². The van der Waals surface area contributed by atoms with E-state index in [-0.39, 0.29) is 5.75 Å². The first-order valence-electron chi connectivity index (χ1n) is 7.72. The number of hydrogen-bond acceptors (Lipinski definition) is 4. The Labute approximate surface area is 130 Å². The van der Waals surface area contributed by atoms with Crippen LogP contribution < -0.4 is 4.74 Å². The fraction of sp³-hybridized carbons (Fsp3) is 0.471. The van der Waals surface area contributed by atoms with Gasteiger partial charge >= 0.3 is 0 Å². The number of ether oxygens (including phenoxy) is 1. The average molecular weight is 301 g/mol. The highest BCUT2D eigenvalue weighted by Gasteiger charge is 2.31. The highest BCUT2D eigenvalue weighted by molar-refractivity contribution is 5.41. The molecular weight excluding hydrogens is 278 g/mol. The molecule has 2 N–H and O–H groups in total. The third-order valence-electron chi connectivity index (χ3n) is 4.33. The third-order valence-corrected chi connectivity index (χ3v) is 4.33. The molecule has 1 aromatic carbocycles. The normalized spacial score (nSPS) is 18.5. The van der Waals surface area contributed by atoms with Crippen molar-refractivity contribution in [1.29, 1.82) is 0 Å². The highest BCUT2D eigenvalue weighted by atomic mass is 16.5.